The number of fused-ring (bicyclic) bond motifs is 1. The van der Waals surface area contributed by atoms with Crippen LogP contribution in [0.5, 0.6) is 0 Å². The third kappa shape index (κ3) is 2.57. The highest BCUT2D eigenvalue weighted by Gasteiger charge is 2.59. The van der Waals surface area contributed by atoms with E-state index in [9.17, 15) is 14.7 Å². The van der Waals surface area contributed by atoms with Gasteiger partial charge in [-0.1, -0.05) is 19.0 Å². The molecule has 2 fully saturated rings. The van der Waals surface area contributed by atoms with Gasteiger partial charge in [0.1, 0.15) is 0 Å². The van der Waals surface area contributed by atoms with Gasteiger partial charge < -0.3 is 14.5 Å². The number of rotatable bonds is 3. The van der Waals surface area contributed by atoms with Crippen LogP contribution in [0, 0.1) is 18.3 Å². The molecule has 4 rings (SSSR count). The van der Waals surface area contributed by atoms with Crippen molar-refractivity contribution in [2.75, 3.05) is 13.1 Å². The van der Waals surface area contributed by atoms with Crippen molar-refractivity contribution in [2.45, 2.75) is 46.0 Å². The number of carboxylic acids is 1. The van der Waals surface area contributed by atoms with Crippen molar-refractivity contribution < 1.29 is 19.2 Å². The number of pyridine rings is 1. The fourth-order valence-corrected chi connectivity index (χ4v) is 4.15. The zero-order valence-electron chi connectivity index (χ0n) is 15.3. The number of amides is 1. The van der Waals surface area contributed by atoms with E-state index in [4.69, 9.17) is 4.52 Å². The maximum absolute atomic E-state index is 13.2. The second kappa shape index (κ2) is 5.79. The molecule has 1 spiro atoms. The van der Waals surface area contributed by atoms with Crippen molar-refractivity contribution >= 4 is 23.0 Å². The average molecular weight is 357 g/mol. The van der Waals surface area contributed by atoms with Crippen molar-refractivity contribution in [3.8, 4) is 0 Å². The molecule has 1 unspecified atom stereocenters. The first-order chi connectivity index (χ1) is 12.3. The Morgan fingerprint density at radius 2 is 2.04 bits per heavy atom. The number of aliphatic carboxylic acids is 1. The van der Waals surface area contributed by atoms with Crippen molar-refractivity contribution in [2.24, 2.45) is 11.3 Å². The molecule has 2 aromatic heterocycles. The number of hydrogen-bond donors (Lipinski definition) is 1. The van der Waals surface area contributed by atoms with Crippen molar-refractivity contribution in [3.05, 3.63) is 23.0 Å². The van der Waals surface area contributed by atoms with Crippen LogP contribution in [-0.2, 0) is 4.79 Å². The quantitative estimate of drug-likeness (QED) is 0.907. The minimum atomic E-state index is -0.706. The Hall–Kier alpha value is -2.44. The number of aromatic nitrogens is 2. The van der Waals surface area contributed by atoms with Crippen molar-refractivity contribution in [1.82, 2.24) is 15.0 Å². The van der Waals surface area contributed by atoms with Gasteiger partial charge in [0.15, 0.2) is 0 Å². The van der Waals surface area contributed by atoms with E-state index < -0.39 is 5.97 Å². The van der Waals surface area contributed by atoms with Gasteiger partial charge in [0, 0.05) is 18.8 Å². The van der Waals surface area contributed by atoms with Crippen molar-refractivity contribution in [1.29, 1.82) is 0 Å². The smallest absolute Gasteiger partial charge is 0.307 e. The van der Waals surface area contributed by atoms with Crippen LogP contribution < -0.4 is 0 Å². The van der Waals surface area contributed by atoms with E-state index in [1.165, 1.54) is 0 Å². The first-order valence-corrected chi connectivity index (χ1v) is 9.11. The van der Waals surface area contributed by atoms with E-state index in [2.05, 4.69) is 10.1 Å². The largest absolute Gasteiger partial charge is 0.481 e. The Balaban J connectivity index is 1.61. The van der Waals surface area contributed by atoms with Crippen LogP contribution in [0.25, 0.3) is 11.1 Å². The lowest BCUT2D eigenvalue weighted by Crippen LogP contribution is -2.40. The summed E-state index contributed by atoms with van der Waals surface area (Å²) < 4.78 is 5.30. The van der Waals surface area contributed by atoms with Gasteiger partial charge in [0.2, 0.25) is 0 Å². The minimum absolute atomic E-state index is 0.0482. The molecule has 1 N–H and O–H groups in total. The summed E-state index contributed by atoms with van der Waals surface area (Å²) in [5.41, 5.74) is 2.36. The zero-order valence-corrected chi connectivity index (χ0v) is 15.3. The molecule has 0 bridgehead atoms. The summed E-state index contributed by atoms with van der Waals surface area (Å²) in [6.45, 7) is 7.04. The van der Waals surface area contributed by atoms with Gasteiger partial charge in [-0.05, 0) is 43.6 Å². The topological polar surface area (TPSA) is 96.5 Å². The molecule has 0 aromatic carbocycles. The highest BCUT2D eigenvalue weighted by Crippen LogP contribution is 2.59. The summed E-state index contributed by atoms with van der Waals surface area (Å²) in [4.78, 5) is 30.7. The molecule has 2 aromatic rings. The minimum Gasteiger partial charge on any atom is -0.481 e. The maximum atomic E-state index is 13.2. The summed E-state index contributed by atoms with van der Waals surface area (Å²) in [6, 6.07) is 1.85. The highest BCUT2D eigenvalue weighted by atomic mass is 16.5. The predicted molar refractivity (Wildman–Crippen MR) is 93.9 cm³/mol. The third-order valence-electron chi connectivity index (χ3n) is 5.99. The van der Waals surface area contributed by atoms with E-state index in [0.717, 1.165) is 25.0 Å². The molecular formula is C19H23N3O4. The highest BCUT2D eigenvalue weighted by molar-refractivity contribution is 6.06. The molecule has 1 saturated carbocycles. The molecule has 0 radical (unpaired) electrons. The van der Waals surface area contributed by atoms with Crippen LogP contribution in [0.1, 0.15) is 60.8 Å². The molecule has 138 valence electrons. The number of aryl methyl sites for hydroxylation is 1. The Bertz CT molecular complexity index is 894. The number of carboxylic acid groups (broad SMARTS) is 1. The molecule has 1 saturated heterocycles. The van der Waals surface area contributed by atoms with E-state index in [1.54, 1.807) is 0 Å². The number of hydrogen-bond acceptors (Lipinski definition) is 5. The molecule has 7 heteroatoms. The maximum Gasteiger partial charge on any atom is 0.307 e. The SMILES string of the molecule is Cc1noc2nc(C(C)C)cc(C(=O)N3CCC4(CC3)CC4C(=O)O)c12. The normalized spacial score (nSPS) is 21.5. The summed E-state index contributed by atoms with van der Waals surface area (Å²) in [5, 5.41) is 13.9. The van der Waals surface area contributed by atoms with Crippen LogP contribution in [0.2, 0.25) is 0 Å². The van der Waals surface area contributed by atoms with E-state index in [1.807, 2.05) is 31.7 Å². The molecule has 26 heavy (non-hydrogen) atoms. The first kappa shape index (κ1) is 17.0. The van der Waals surface area contributed by atoms with Gasteiger partial charge in [-0.2, -0.15) is 0 Å². The second-order valence-electron chi connectivity index (χ2n) is 7.95. The number of piperidine rings is 1. The molecule has 7 nitrogen and oxygen atoms in total. The lowest BCUT2D eigenvalue weighted by atomic mass is 9.90. The lowest BCUT2D eigenvalue weighted by molar-refractivity contribution is -0.139. The molecule has 1 atom stereocenters. The molecule has 2 aliphatic rings. The Morgan fingerprint density at radius 3 is 2.62 bits per heavy atom. The van der Waals surface area contributed by atoms with Gasteiger partial charge in [0.25, 0.3) is 11.6 Å². The summed E-state index contributed by atoms with van der Waals surface area (Å²) in [7, 11) is 0. The molecule has 1 aliphatic carbocycles. The van der Waals surface area contributed by atoms with Crippen LogP contribution in [0.3, 0.4) is 0 Å². The van der Waals surface area contributed by atoms with E-state index in [-0.39, 0.29) is 23.2 Å². The summed E-state index contributed by atoms with van der Waals surface area (Å²) in [5.74, 6) is -0.820. The van der Waals surface area contributed by atoms with Crippen LogP contribution in [0.15, 0.2) is 10.6 Å². The number of carbonyl (C=O) groups is 2. The lowest BCUT2D eigenvalue weighted by Gasteiger charge is -2.32. The zero-order chi connectivity index (χ0) is 18.6. The van der Waals surface area contributed by atoms with Crippen LogP contribution in [-0.4, -0.2) is 45.1 Å². The Morgan fingerprint density at radius 1 is 1.35 bits per heavy atom. The summed E-state index contributed by atoms with van der Waals surface area (Å²) >= 11 is 0. The van der Waals surface area contributed by atoms with Crippen LogP contribution in [0.4, 0.5) is 0 Å². The van der Waals surface area contributed by atoms with Gasteiger partial charge >= 0.3 is 5.97 Å². The number of likely N-dealkylation sites (tertiary alicyclic amines) is 1. The molecule has 1 aliphatic heterocycles. The van der Waals surface area contributed by atoms with Gasteiger partial charge in [-0.25, -0.2) is 4.98 Å². The first-order valence-electron chi connectivity index (χ1n) is 9.11. The molecule has 3 heterocycles. The fourth-order valence-electron chi connectivity index (χ4n) is 4.15. The third-order valence-corrected chi connectivity index (χ3v) is 5.99. The van der Waals surface area contributed by atoms with E-state index >= 15 is 0 Å². The van der Waals surface area contributed by atoms with Crippen LogP contribution >= 0.6 is 0 Å². The Labute approximate surface area is 151 Å². The molecular weight excluding hydrogens is 334 g/mol. The van der Waals surface area contributed by atoms with Gasteiger partial charge in [0.05, 0.1) is 22.6 Å². The fraction of sp³-hybridized carbons (Fsp3) is 0.579. The average Bonchev–Trinajstić information content (AvgIpc) is 3.19. The van der Waals surface area contributed by atoms with Gasteiger partial charge in [-0.15, -0.1) is 0 Å². The Kier molecular flexibility index (Phi) is 3.78. The monoisotopic (exact) mass is 357 g/mol. The summed E-state index contributed by atoms with van der Waals surface area (Å²) in [6.07, 6.45) is 2.25. The molecule has 1 amide bonds. The van der Waals surface area contributed by atoms with Gasteiger partial charge in [-0.3, -0.25) is 9.59 Å². The standard InChI is InChI=1S/C19H23N3O4/c1-10(2)14-8-12(15-11(3)21-26-16(15)20-14)17(23)22-6-4-19(5-7-22)9-13(19)18(24)25/h8,10,13H,4-7,9H2,1-3H3,(H,24,25). The van der Waals surface area contributed by atoms with E-state index in [0.29, 0.717) is 35.4 Å². The number of nitrogens with zero attached hydrogens (tertiary/aromatic N) is 3. The predicted octanol–water partition coefficient (Wildman–Crippen LogP) is 2.98. The van der Waals surface area contributed by atoms with Crippen molar-refractivity contribution in [3.63, 3.8) is 0 Å². The second-order valence-corrected chi connectivity index (χ2v) is 7.95. The number of carbonyl (C=O) groups excluding carboxylic acids is 1.